The average Bonchev–Trinajstić information content (AvgIpc) is 3.23. The van der Waals surface area contributed by atoms with Crippen molar-refractivity contribution >= 4 is 27.3 Å². The lowest BCUT2D eigenvalue weighted by Crippen LogP contribution is -2.36. The molecule has 33 heavy (non-hydrogen) atoms. The van der Waals surface area contributed by atoms with Crippen LogP contribution in [0.15, 0.2) is 41.1 Å². The number of rotatable bonds is 8. The van der Waals surface area contributed by atoms with Gasteiger partial charge in [-0.15, -0.1) is 11.3 Å². The van der Waals surface area contributed by atoms with Gasteiger partial charge < -0.3 is 9.47 Å². The van der Waals surface area contributed by atoms with Crippen LogP contribution in [-0.4, -0.2) is 56.9 Å². The number of esters is 1. The van der Waals surface area contributed by atoms with Crippen molar-refractivity contribution < 1.29 is 22.7 Å². The van der Waals surface area contributed by atoms with E-state index in [9.17, 15) is 13.2 Å². The number of carbonyl (C=O) groups excluding carboxylic acids is 1. The standard InChI is InChI=1S/C24H30N2O5S2/c1-3-15-31-20-10-6-5-9-18(20)16-25-14-11-19-21(17-25)32-24(22(19)23(27)30-2)33(28,29)26-12-7-4-8-13-26/h3,5-6,9-10H,1,4,7-8,11-17H2,2H3. The molecule has 0 amide bonds. The topological polar surface area (TPSA) is 76.2 Å². The Bertz CT molecular complexity index is 1120. The van der Waals surface area contributed by atoms with E-state index in [0.29, 0.717) is 45.8 Å². The molecule has 7 nitrogen and oxygen atoms in total. The van der Waals surface area contributed by atoms with Crippen LogP contribution in [0, 0.1) is 0 Å². The molecule has 0 spiro atoms. The van der Waals surface area contributed by atoms with Crippen LogP contribution in [0.4, 0.5) is 0 Å². The van der Waals surface area contributed by atoms with Crippen molar-refractivity contribution in [3.05, 3.63) is 58.5 Å². The maximum atomic E-state index is 13.5. The van der Waals surface area contributed by atoms with Gasteiger partial charge in [-0.2, -0.15) is 4.31 Å². The van der Waals surface area contributed by atoms with Gasteiger partial charge in [0.2, 0.25) is 0 Å². The summed E-state index contributed by atoms with van der Waals surface area (Å²) in [7, 11) is -2.43. The molecule has 0 atom stereocenters. The summed E-state index contributed by atoms with van der Waals surface area (Å²) >= 11 is 1.22. The average molecular weight is 491 g/mol. The Labute approximate surface area is 199 Å². The predicted molar refractivity (Wildman–Crippen MR) is 128 cm³/mol. The SMILES string of the molecule is C=CCOc1ccccc1CN1CCc2c(sc(S(=O)(=O)N3CCCCC3)c2C(=O)OC)C1. The van der Waals surface area contributed by atoms with Crippen LogP contribution in [-0.2, 0) is 34.3 Å². The highest BCUT2D eigenvalue weighted by atomic mass is 32.2. The summed E-state index contributed by atoms with van der Waals surface area (Å²) in [5.41, 5.74) is 2.11. The van der Waals surface area contributed by atoms with Crippen LogP contribution >= 0.6 is 11.3 Å². The molecule has 178 valence electrons. The number of methoxy groups -OCH3 is 1. The molecule has 0 radical (unpaired) electrons. The maximum absolute atomic E-state index is 13.5. The Hall–Kier alpha value is -2.20. The summed E-state index contributed by atoms with van der Waals surface area (Å²) in [4.78, 5) is 15.9. The van der Waals surface area contributed by atoms with E-state index in [4.69, 9.17) is 9.47 Å². The van der Waals surface area contributed by atoms with Crippen molar-refractivity contribution in [2.75, 3.05) is 33.4 Å². The molecule has 3 heterocycles. The summed E-state index contributed by atoms with van der Waals surface area (Å²) in [6, 6.07) is 7.90. The Morgan fingerprint density at radius 3 is 2.67 bits per heavy atom. The number of piperidine rings is 1. The number of hydrogen-bond donors (Lipinski definition) is 0. The molecule has 1 fully saturated rings. The number of fused-ring (bicyclic) bond motifs is 1. The minimum atomic E-state index is -3.73. The maximum Gasteiger partial charge on any atom is 0.340 e. The van der Waals surface area contributed by atoms with Crippen molar-refractivity contribution in [3.8, 4) is 5.75 Å². The van der Waals surface area contributed by atoms with Crippen LogP contribution in [0.2, 0.25) is 0 Å². The van der Waals surface area contributed by atoms with Crippen molar-refractivity contribution in [3.63, 3.8) is 0 Å². The molecule has 0 aliphatic carbocycles. The van der Waals surface area contributed by atoms with Crippen molar-refractivity contribution in [1.82, 2.24) is 9.21 Å². The lowest BCUT2D eigenvalue weighted by molar-refractivity contribution is 0.0595. The number of sulfonamides is 1. The van der Waals surface area contributed by atoms with Crippen LogP contribution in [0.3, 0.4) is 0 Å². The number of para-hydroxylation sites is 1. The molecule has 1 aromatic heterocycles. The molecule has 1 aromatic carbocycles. The van der Waals surface area contributed by atoms with Gasteiger partial charge in [0.15, 0.2) is 0 Å². The fourth-order valence-corrected chi connectivity index (χ4v) is 8.03. The zero-order valence-corrected chi connectivity index (χ0v) is 20.6. The Kier molecular flexibility index (Phi) is 7.53. The van der Waals surface area contributed by atoms with Gasteiger partial charge in [0.05, 0.1) is 12.7 Å². The van der Waals surface area contributed by atoms with Gasteiger partial charge in [0.25, 0.3) is 10.0 Å². The van der Waals surface area contributed by atoms with E-state index in [2.05, 4.69) is 11.5 Å². The number of ether oxygens (including phenoxy) is 2. The highest BCUT2D eigenvalue weighted by Crippen LogP contribution is 2.39. The Morgan fingerprint density at radius 1 is 1.18 bits per heavy atom. The molecule has 0 N–H and O–H groups in total. The number of benzene rings is 1. The molecule has 9 heteroatoms. The molecule has 0 bridgehead atoms. The van der Waals surface area contributed by atoms with Gasteiger partial charge in [-0.3, -0.25) is 4.90 Å². The molecule has 0 saturated carbocycles. The van der Waals surface area contributed by atoms with E-state index in [-0.39, 0.29) is 9.77 Å². The third-order valence-electron chi connectivity index (χ3n) is 6.11. The molecule has 1 saturated heterocycles. The fraction of sp³-hybridized carbons (Fsp3) is 0.458. The van der Waals surface area contributed by atoms with Gasteiger partial charge in [0.1, 0.15) is 16.6 Å². The van der Waals surface area contributed by atoms with E-state index >= 15 is 0 Å². The molecule has 2 aromatic rings. The van der Waals surface area contributed by atoms with E-state index in [1.165, 1.54) is 22.8 Å². The third kappa shape index (κ3) is 5.01. The normalized spacial score (nSPS) is 17.4. The van der Waals surface area contributed by atoms with Gasteiger partial charge >= 0.3 is 5.97 Å². The zero-order chi connectivity index (χ0) is 23.4. The summed E-state index contributed by atoms with van der Waals surface area (Å²) in [6.45, 7) is 7.11. The minimum Gasteiger partial charge on any atom is -0.489 e. The second-order valence-corrected chi connectivity index (χ2v) is 11.5. The lowest BCUT2D eigenvalue weighted by Gasteiger charge is -2.27. The van der Waals surface area contributed by atoms with Crippen molar-refractivity contribution in [2.45, 2.75) is 43.0 Å². The Morgan fingerprint density at radius 2 is 1.94 bits per heavy atom. The highest BCUT2D eigenvalue weighted by Gasteiger charge is 2.37. The first-order chi connectivity index (χ1) is 16.0. The first kappa shape index (κ1) is 23.9. The smallest absolute Gasteiger partial charge is 0.340 e. The van der Waals surface area contributed by atoms with E-state index in [0.717, 1.165) is 41.0 Å². The minimum absolute atomic E-state index is 0.137. The monoisotopic (exact) mass is 490 g/mol. The molecule has 2 aliphatic heterocycles. The number of thiophene rings is 1. The van der Waals surface area contributed by atoms with Crippen molar-refractivity contribution in [1.29, 1.82) is 0 Å². The van der Waals surface area contributed by atoms with Crippen LogP contribution < -0.4 is 4.74 Å². The van der Waals surface area contributed by atoms with Crippen LogP contribution in [0.5, 0.6) is 5.75 Å². The number of nitrogens with zero attached hydrogens (tertiary/aromatic N) is 2. The van der Waals surface area contributed by atoms with Crippen LogP contribution in [0.25, 0.3) is 0 Å². The second kappa shape index (κ2) is 10.4. The van der Waals surface area contributed by atoms with E-state index in [1.54, 1.807) is 6.08 Å². The first-order valence-electron chi connectivity index (χ1n) is 11.2. The quantitative estimate of drug-likeness (QED) is 0.414. The fourth-order valence-electron chi connectivity index (χ4n) is 4.44. The van der Waals surface area contributed by atoms with E-state index < -0.39 is 16.0 Å². The van der Waals surface area contributed by atoms with Crippen LogP contribution in [0.1, 0.15) is 45.6 Å². The van der Waals surface area contributed by atoms with Gasteiger partial charge in [0, 0.05) is 43.2 Å². The first-order valence-corrected chi connectivity index (χ1v) is 13.5. The third-order valence-corrected chi connectivity index (χ3v) is 9.72. The lowest BCUT2D eigenvalue weighted by atomic mass is 10.0. The summed E-state index contributed by atoms with van der Waals surface area (Å²) < 4.78 is 39.4. The zero-order valence-electron chi connectivity index (χ0n) is 18.9. The Balaban J connectivity index is 1.62. The van der Waals surface area contributed by atoms with Gasteiger partial charge in [-0.25, -0.2) is 13.2 Å². The molecular formula is C24H30N2O5S2. The highest BCUT2D eigenvalue weighted by molar-refractivity contribution is 7.91. The summed E-state index contributed by atoms with van der Waals surface area (Å²) in [5.74, 6) is 0.248. The largest absolute Gasteiger partial charge is 0.489 e. The molecule has 0 unspecified atom stereocenters. The molecule has 2 aliphatic rings. The molecular weight excluding hydrogens is 460 g/mol. The predicted octanol–water partition coefficient (Wildman–Crippen LogP) is 3.83. The second-order valence-electron chi connectivity index (χ2n) is 8.29. The number of carbonyl (C=O) groups is 1. The summed E-state index contributed by atoms with van der Waals surface area (Å²) in [5, 5.41) is 0. The van der Waals surface area contributed by atoms with E-state index in [1.807, 2.05) is 24.3 Å². The van der Waals surface area contributed by atoms with Gasteiger partial charge in [-0.05, 0) is 30.9 Å². The van der Waals surface area contributed by atoms with Gasteiger partial charge in [-0.1, -0.05) is 37.3 Å². The molecule has 4 rings (SSSR count). The number of hydrogen-bond acceptors (Lipinski definition) is 7. The van der Waals surface area contributed by atoms with Crippen molar-refractivity contribution in [2.24, 2.45) is 0 Å². The summed E-state index contributed by atoms with van der Waals surface area (Å²) in [6.07, 6.45) is 5.04.